The molecule has 0 unspecified atom stereocenters. The zero-order valence-electron chi connectivity index (χ0n) is 16.3. The molecule has 0 amide bonds. The number of rotatable bonds is 7. The number of nitrogens with two attached hydrogens (primary N) is 1. The average Bonchev–Trinajstić information content (AvgIpc) is 3.22. The third kappa shape index (κ3) is 5.22. The third-order valence-electron chi connectivity index (χ3n) is 4.60. The number of nitrogen functional groups attached to an aromatic ring is 1. The van der Waals surface area contributed by atoms with Crippen LogP contribution < -0.4 is 10.3 Å². The Kier molecular flexibility index (Phi) is 5.92. The Bertz CT molecular complexity index is 1220. The largest absolute Gasteiger partial charge is 0.472 e. The minimum absolute atomic E-state index is 0.235. The van der Waals surface area contributed by atoms with Gasteiger partial charge in [-0.25, -0.2) is 13.7 Å². The standard InChI is InChI=1S/C21H19N4O5P/c22-21-18(4-3-11-25(21)14-29-31(26,27)28)20-13-17(24-30-20)12-15-6-8-16(9-7-15)19-5-1-2-10-23-19/h1-11,13,22H,12,14H2,(H2,26,27,28)/p+1. The summed E-state index contributed by atoms with van der Waals surface area (Å²) in [6, 6.07) is 19.0. The Balaban J connectivity index is 1.49. The molecule has 0 saturated heterocycles. The van der Waals surface area contributed by atoms with Crippen LogP contribution in [-0.2, 0) is 22.2 Å². The lowest BCUT2D eigenvalue weighted by Crippen LogP contribution is -2.38. The number of aromatic nitrogens is 3. The molecular weight excluding hydrogens is 419 g/mol. The molecule has 4 aromatic rings. The average molecular weight is 439 g/mol. The van der Waals surface area contributed by atoms with Gasteiger partial charge in [-0.2, -0.15) is 0 Å². The first kappa shape index (κ1) is 20.9. The summed E-state index contributed by atoms with van der Waals surface area (Å²) in [5.74, 6) is 0.682. The quantitative estimate of drug-likeness (QED) is 0.295. The second-order valence-electron chi connectivity index (χ2n) is 6.80. The summed E-state index contributed by atoms with van der Waals surface area (Å²) in [7, 11) is -4.61. The van der Waals surface area contributed by atoms with Gasteiger partial charge in [-0.1, -0.05) is 35.5 Å². The van der Waals surface area contributed by atoms with Gasteiger partial charge < -0.3 is 14.3 Å². The monoisotopic (exact) mass is 439 g/mol. The van der Waals surface area contributed by atoms with Crippen LogP contribution in [0.15, 0.2) is 77.6 Å². The molecule has 0 saturated carbocycles. The highest BCUT2D eigenvalue weighted by atomic mass is 31.2. The molecule has 9 nitrogen and oxygen atoms in total. The van der Waals surface area contributed by atoms with Crippen LogP contribution in [0.1, 0.15) is 11.3 Å². The maximum Gasteiger partial charge on any atom is 0.472 e. The van der Waals surface area contributed by atoms with Gasteiger partial charge in [0.25, 0.3) is 5.82 Å². The molecule has 3 aromatic heterocycles. The summed E-state index contributed by atoms with van der Waals surface area (Å²) in [5, 5.41) is 4.12. The number of anilines is 1. The molecule has 4 rings (SSSR count). The van der Waals surface area contributed by atoms with Crippen LogP contribution in [-0.4, -0.2) is 19.9 Å². The lowest BCUT2D eigenvalue weighted by atomic mass is 10.0. The molecule has 158 valence electrons. The number of benzene rings is 1. The molecule has 1 aromatic carbocycles. The van der Waals surface area contributed by atoms with Gasteiger partial charge in [0.1, 0.15) is 5.56 Å². The van der Waals surface area contributed by atoms with Crippen molar-refractivity contribution in [2.24, 2.45) is 0 Å². The van der Waals surface area contributed by atoms with Crippen LogP contribution in [0.4, 0.5) is 5.82 Å². The number of phosphoric acid groups is 1. The van der Waals surface area contributed by atoms with E-state index in [0.717, 1.165) is 22.5 Å². The molecule has 0 radical (unpaired) electrons. The maximum atomic E-state index is 10.9. The Morgan fingerprint density at radius 3 is 2.61 bits per heavy atom. The molecule has 0 spiro atoms. The maximum absolute atomic E-state index is 10.9. The van der Waals surface area contributed by atoms with Crippen molar-refractivity contribution in [3.05, 3.63) is 84.3 Å². The third-order valence-corrected chi connectivity index (χ3v) is 5.06. The van der Waals surface area contributed by atoms with E-state index in [1.165, 1.54) is 4.57 Å². The molecular formula is C21H20N4O5P+. The van der Waals surface area contributed by atoms with Gasteiger partial charge in [0.2, 0.25) is 6.73 Å². The van der Waals surface area contributed by atoms with Gasteiger partial charge in [-0.15, -0.1) is 0 Å². The zero-order valence-corrected chi connectivity index (χ0v) is 17.2. The lowest BCUT2D eigenvalue weighted by molar-refractivity contribution is -0.711. The molecule has 0 aliphatic carbocycles. The molecule has 3 heterocycles. The summed E-state index contributed by atoms with van der Waals surface area (Å²) in [5.41, 5.74) is 10.4. The van der Waals surface area contributed by atoms with Gasteiger partial charge in [0, 0.05) is 24.2 Å². The number of pyridine rings is 2. The second kappa shape index (κ2) is 8.79. The van der Waals surface area contributed by atoms with Crippen molar-refractivity contribution in [3.8, 4) is 22.6 Å². The predicted octanol–water partition coefficient (Wildman–Crippen LogP) is 2.93. The van der Waals surface area contributed by atoms with Crippen LogP contribution in [0.2, 0.25) is 0 Å². The SMILES string of the molecule is Nc1c(-c2cc(Cc3ccc(-c4ccccn4)cc3)no2)ccc[n+]1COP(=O)(O)O. The van der Waals surface area contributed by atoms with Crippen LogP contribution in [0.3, 0.4) is 0 Å². The smallest absolute Gasteiger partial charge is 0.356 e. The second-order valence-corrected chi connectivity index (χ2v) is 8.04. The van der Waals surface area contributed by atoms with Crippen molar-refractivity contribution in [3.63, 3.8) is 0 Å². The van der Waals surface area contributed by atoms with E-state index in [4.69, 9.17) is 20.0 Å². The van der Waals surface area contributed by atoms with Crippen LogP contribution >= 0.6 is 7.82 Å². The minimum atomic E-state index is -4.61. The fourth-order valence-corrected chi connectivity index (χ4v) is 3.35. The molecule has 10 heteroatoms. The van der Waals surface area contributed by atoms with E-state index in [2.05, 4.69) is 14.7 Å². The first-order valence-corrected chi connectivity index (χ1v) is 10.9. The van der Waals surface area contributed by atoms with E-state index >= 15 is 0 Å². The van der Waals surface area contributed by atoms with Crippen molar-refractivity contribution in [2.75, 3.05) is 5.73 Å². The number of hydrogen-bond donors (Lipinski definition) is 3. The topological polar surface area (TPSA) is 136 Å². The summed E-state index contributed by atoms with van der Waals surface area (Å²) < 4.78 is 22.3. The molecule has 0 fully saturated rings. The zero-order chi connectivity index (χ0) is 21.8. The normalized spacial score (nSPS) is 11.5. The molecule has 0 aliphatic rings. The van der Waals surface area contributed by atoms with Crippen LogP contribution in [0.5, 0.6) is 0 Å². The summed E-state index contributed by atoms with van der Waals surface area (Å²) in [6.45, 7) is -0.395. The number of nitrogens with zero attached hydrogens (tertiary/aromatic N) is 3. The van der Waals surface area contributed by atoms with E-state index in [0.29, 0.717) is 17.7 Å². The first-order chi connectivity index (χ1) is 14.9. The van der Waals surface area contributed by atoms with E-state index in [1.807, 2.05) is 42.5 Å². The number of hydrogen-bond acceptors (Lipinski definition) is 6. The van der Waals surface area contributed by atoms with Crippen molar-refractivity contribution in [1.82, 2.24) is 10.1 Å². The van der Waals surface area contributed by atoms with Crippen LogP contribution in [0.25, 0.3) is 22.6 Å². The Hall–Kier alpha value is -3.36. The van der Waals surface area contributed by atoms with Gasteiger partial charge in [-0.05, 0) is 29.8 Å². The van der Waals surface area contributed by atoms with Gasteiger partial charge in [0.05, 0.1) is 17.6 Å². The van der Waals surface area contributed by atoms with Crippen molar-refractivity contribution in [2.45, 2.75) is 13.2 Å². The van der Waals surface area contributed by atoms with E-state index in [-0.39, 0.29) is 5.82 Å². The predicted molar refractivity (Wildman–Crippen MR) is 112 cm³/mol. The van der Waals surface area contributed by atoms with Gasteiger partial charge >= 0.3 is 7.82 Å². The van der Waals surface area contributed by atoms with Gasteiger partial charge in [-0.3, -0.25) is 10.7 Å². The van der Waals surface area contributed by atoms with Crippen molar-refractivity contribution < 1.29 is 28.0 Å². The van der Waals surface area contributed by atoms with Crippen LogP contribution in [0, 0.1) is 0 Å². The van der Waals surface area contributed by atoms with Gasteiger partial charge in [0.15, 0.2) is 5.76 Å². The molecule has 4 N–H and O–H groups in total. The molecule has 31 heavy (non-hydrogen) atoms. The summed E-state index contributed by atoms with van der Waals surface area (Å²) in [4.78, 5) is 22.1. The van der Waals surface area contributed by atoms with E-state index < -0.39 is 14.6 Å². The molecule has 0 aliphatic heterocycles. The lowest BCUT2D eigenvalue weighted by Gasteiger charge is -2.07. The molecule has 0 atom stereocenters. The number of phosphoric ester groups is 1. The van der Waals surface area contributed by atoms with Crippen molar-refractivity contribution in [1.29, 1.82) is 0 Å². The van der Waals surface area contributed by atoms with E-state index in [1.54, 1.807) is 30.6 Å². The highest BCUT2D eigenvalue weighted by molar-refractivity contribution is 7.46. The molecule has 0 bridgehead atoms. The minimum Gasteiger partial charge on any atom is -0.356 e. The highest BCUT2D eigenvalue weighted by Crippen LogP contribution is 2.35. The first-order valence-electron chi connectivity index (χ1n) is 9.33. The fraction of sp³-hybridized carbons (Fsp3) is 0.0952. The Morgan fingerprint density at radius 2 is 1.90 bits per heavy atom. The van der Waals surface area contributed by atoms with Crippen molar-refractivity contribution >= 4 is 13.6 Å². The summed E-state index contributed by atoms with van der Waals surface area (Å²) >= 11 is 0. The Morgan fingerprint density at radius 1 is 1.10 bits per heavy atom. The van der Waals surface area contributed by atoms with E-state index in [9.17, 15) is 4.57 Å². The highest BCUT2D eigenvalue weighted by Gasteiger charge is 2.20. The fourth-order valence-electron chi connectivity index (χ4n) is 3.08. The summed E-state index contributed by atoms with van der Waals surface area (Å²) in [6.07, 6.45) is 3.88. The Labute approximate surface area is 178 Å².